The lowest BCUT2D eigenvalue weighted by atomic mass is 9.74. The van der Waals surface area contributed by atoms with Gasteiger partial charge in [-0.2, -0.15) is 0 Å². The third-order valence-corrected chi connectivity index (χ3v) is 4.56. The molecule has 1 aromatic rings. The molecule has 1 aromatic carbocycles. The molecule has 0 spiro atoms. The molecule has 16 heavy (non-hydrogen) atoms. The Bertz CT molecular complexity index is 377. The Balaban J connectivity index is 1.90. The predicted octanol–water partition coefficient (Wildman–Crippen LogP) is 1.20. The lowest BCUT2D eigenvalue weighted by Crippen LogP contribution is -2.30. The molecule has 2 saturated carbocycles. The second-order valence-electron chi connectivity index (χ2n) is 5.42. The van der Waals surface area contributed by atoms with Crippen molar-refractivity contribution in [1.82, 2.24) is 0 Å². The molecule has 84 valence electrons. The minimum atomic E-state index is -1.34. The fraction of sp³-hybridized carbons (Fsp3) is 0.538. The summed E-state index contributed by atoms with van der Waals surface area (Å²) in [6, 6.07) is 7.87. The quantitative estimate of drug-likeness (QED) is 0.729. The molecule has 2 aliphatic rings. The van der Waals surface area contributed by atoms with E-state index in [1.807, 2.05) is 12.1 Å². The Morgan fingerprint density at radius 1 is 1.06 bits per heavy atom. The molecule has 3 heteroatoms. The van der Waals surface area contributed by atoms with Gasteiger partial charge in [-0.05, 0) is 54.5 Å². The van der Waals surface area contributed by atoms with E-state index in [-0.39, 0.29) is 0 Å². The van der Waals surface area contributed by atoms with Gasteiger partial charge in [0.2, 0.25) is 0 Å². The highest BCUT2D eigenvalue weighted by Crippen LogP contribution is 2.55. The van der Waals surface area contributed by atoms with Crippen molar-refractivity contribution < 1.29 is 10.0 Å². The van der Waals surface area contributed by atoms with Crippen LogP contribution in [-0.4, -0.2) is 17.2 Å². The lowest BCUT2D eigenvalue weighted by molar-refractivity contribution is 0.418. The maximum Gasteiger partial charge on any atom is 0.488 e. The van der Waals surface area contributed by atoms with Gasteiger partial charge in [0.15, 0.2) is 0 Å². The molecule has 0 radical (unpaired) electrons. The first kappa shape index (κ1) is 10.4. The monoisotopic (exact) mass is 216 g/mol. The van der Waals surface area contributed by atoms with Crippen molar-refractivity contribution >= 4 is 12.6 Å². The molecule has 0 atom stereocenters. The van der Waals surface area contributed by atoms with Crippen LogP contribution in [0, 0.1) is 5.92 Å². The molecular weight excluding hydrogens is 199 g/mol. The normalized spacial score (nSPS) is 32.0. The summed E-state index contributed by atoms with van der Waals surface area (Å²) < 4.78 is 0. The first-order valence-corrected chi connectivity index (χ1v) is 6.16. The summed E-state index contributed by atoms with van der Waals surface area (Å²) in [5.41, 5.74) is 2.41. The van der Waals surface area contributed by atoms with E-state index in [9.17, 15) is 0 Å². The Morgan fingerprint density at radius 3 is 2.12 bits per heavy atom. The largest absolute Gasteiger partial charge is 0.488 e. The zero-order chi connectivity index (χ0) is 11.2. The Hall–Kier alpha value is -0.795. The van der Waals surface area contributed by atoms with Crippen LogP contribution in [0.2, 0.25) is 0 Å². The molecule has 0 unspecified atom stereocenters. The Labute approximate surface area is 96.5 Å². The highest BCUT2D eigenvalue weighted by atomic mass is 16.4. The van der Waals surface area contributed by atoms with Crippen LogP contribution < -0.4 is 5.46 Å². The van der Waals surface area contributed by atoms with E-state index in [0.29, 0.717) is 10.9 Å². The van der Waals surface area contributed by atoms with E-state index >= 15 is 0 Å². The molecule has 2 fully saturated rings. The minimum absolute atomic E-state index is 0.420. The number of hydrogen-bond acceptors (Lipinski definition) is 2. The van der Waals surface area contributed by atoms with Crippen molar-refractivity contribution in [3.8, 4) is 0 Å². The van der Waals surface area contributed by atoms with Crippen LogP contribution in [0.1, 0.15) is 37.7 Å². The number of fused-ring (bicyclic) bond motifs is 2. The van der Waals surface area contributed by atoms with Gasteiger partial charge in [0.1, 0.15) is 0 Å². The van der Waals surface area contributed by atoms with E-state index in [4.69, 9.17) is 10.0 Å². The van der Waals surface area contributed by atoms with Crippen molar-refractivity contribution in [2.45, 2.75) is 37.5 Å². The third kappa shape index (κ3) is 1.50. The van der Waals surface area contributed by atoms with Crippen LogP contribution >= 0.6 is 0 Å². The highest BCUT2D eigenvalue weighted by Gasteiger charge is 2.45. The molecule has 2 N–H and O–H groups in total. The molecule has 0 aliphatic heterocycles. The summed E-state index contributed by atoms with van der Waals surface area (Å²) in [6.07, 6.45) is 6.74. The maximum absolute atomic E-state index is 9.07. The second kappa shape index (κ2) is 3.61. The van der Waals surface area contributed by atoms with E-state index < -0.39 is 7.12 Å². The van der Waals surface area contributed by atoms with Gasteiger partial charge in [-0.3, -0.25) is 0 Å². The maximum atomic E-state index is 9.07. The fourth-order valence-corrected chi connectivity index (χ4v) is 3.61. The summed E-state index contributed by atoms with van der Waals surface area (Å²) in [7, 11) is -1.34. The average molecular weight is 216 g/mol. The van der Waals surface area contributed by atoms with E-state index in [1.54, 1.807) is 0 Å². The topological polar surface area (TPSA) is 40.5 Å². The third-order valence-electron chi connectivity index (χ3n) is 4.56. The second-order valence-corrected chi connectivity index (χ2v) is 5.42. The van der Waals surface area contributed by atoms with Crippen molar-refractivity contribution in [1.29, 1.82) is 0 Å². The Kier molecular flexibility index (Phi) is 2.34. The van der Waals surface area contributed by atoms with Gasteiger partial charge in [-0.1, -0.05) is 24.3 Å². The zero-order valence-electron chi connectivity index (χ0n) is 9.39. The molecule has 2 aliphatic carbocycles. The van der Waals surface area contributed by atoms with E-state index in [1.165, 1.54) is 37.7 Å². The first-order chi connectivity index (χ1) is 7.70. The summed E-state index contributed by atoms with van der Waals surface area (Å²) >= 11 is 0. The standard InChI is InChI=1S/C13H17BO2/c15-14(16)12-3-1-11(2-4-12)13-7-5-10(9-13)6-8-13/h1-4,10,15-16H,5-9H2. The van der Waals surface area contributed by atoms with Crippen LogP contribution in [0.25, 0.3) is 0 Å². The van der Waals surface area contributed by atoms with Gasteiger partial charge in [0.25, 0.3) is 0 Å². The van der Waals surface area contributed by atoms with Gasteiger partial charge in [0, 0.05) is 0 Å². The average Bonchev–Trinajstić information content (AvgIpc) is 2.90. The van der Waals surface area contributed by atoms with Gasteiger partial charge in [-0.25, -0.2) is 0 Å². The fourth-order valence-electron chi connectivity index (χ4n) is 3.61. The molecule has 3 rings (SSSR count). The minimum Gasteiger partial charge on any atom is -0.423 e. The van der Waals surface area contributed by atoms with Crippen LogP contribution in [0.4, 0.5) is 0 Å². The van der Waals surface area contributed by atoms with Gasteiger partial charge in [0.05, 0.1) is 0 Å². The van der Waals surface area contributed by atoms with Crippen LogP contribution in [-0.2, 0) is 5.41 Å². The molecule has 2 nitrogen and oxygen atoms in total. The molecular formula is C13H17BO2. The van der Waals surface area contributed by atoms with Gasteiger partial charge < -0.3 is 10.0 Å². The van der Waals surface area contributed by atoms with Crippen LogP contribution in [0.15, 0.2) is 24.3 Å². The summed E-state index contributed by atoms with van der Waals surface area (Å²) in [6.45, 7) is 0. The highest BCUT2D eigenvalue weighted by molar-refractivity contribution is 6.58. The summed E-state index contributed by atoms with van der Waals surface area (Å²) in [5.74, 6) is 0.947. The van der Waals surface area contributed by atoms with Crippen molar-refractivity contribution in [2.24, 2.45) is 5.92 Å². The first-order valence-electron chi connectivity index (χ1n) is 6.16. The summed E-state index contributed by atoms with van der Waals surface area (Å²) in [4.78, 5) is 0. The molecule has 2 bridgehead atoms. The molecule has 0 heterocycles. The van der Waals surface area contributed by atoms with Crippen molar-refractivity contribution in [2.75, 3.05) is 0 Å². The molecule has 0 amide bonds. The van der Waals surface area contributed by atoms with Crippen molar-refractivity contribution in [3.05, 3.63) is 29.8 Å². The molecule has 0 aromatic heterocycles. The smallest absolute Gasteiger partial charge is 0.423 e. The SMILES string of the molecule is OB(O)c1ccc(C23CCC(CC2)C3)cc1. The zero-order valence-corrected chi connectivity index (χ0v) is 9.39. The van der Waals surface area contributed by atoms with E-state index in [0.717, 1.165) is 5.92 Å². The van der Waals surface area contributed by atoms with Crippen LogP contribution in [0.3, 0.4) is 0 Å². The van der Waals surface area contributed by atoms with Crippen LogP contribution in [0.5, 0.6) is 0 Å². The van der Waals surface area contributed by atoms with E-state index in [2.05, 4.69) is 12.1 Å². The van der Waals surface area contributed by atoms with Gasteiger partial charge in [-0.15, -0.1) is 0 Å². The summed E-state index contributed by atoms with van der Waals surface area (Å²) in [5, 5.41) is 18.1. The molecule has 0 saturated heterocycles. The lowest BCUT2D eigenvalue weighted by Gasteiger charge is -2.27. The van der Waals surface area contributed by atoms with Gasteiger partial charge >= 0.3 is 7.12 Å². The number of benzene rings is 1. The van der Waals surface area contributed by atoms with Crippen molar-refractivity contribution in [3.63, 3.8) is 0 Å². The Morgan fingerprint density at radius 2 is 1.69 bits per heavy atom. The predicted molar refractivity (Wildman–Crippen MR) is 64.5 cm³/mol. The number of rotatable bonds is 2. The number of hydrogen-bond donors (Lipinski definition) is 2.